The molecule has 0 saturated carbocycles. The van der Waals surface area contributed by atoms with E-state index in [4.69, 9.17) is 15.2 Å². The molecule has 0 aliphatic carbocycles. The summed E-state index contributed by atoms with van der Waals surface area (Å²) in [5, 5.41) is 0. The van der Waals surface area contributed by atoms with Gasteiger partial charge in [0.25, 0.3) is 0 Å². The van der Waals surface area contributed by atoms with Crippen molar-refractivity contribution in [2.75, 3.05) is 50.2 Å². The van der Waals surface area contributed by atoms with E-state index in [1.807, 2.05) is 26.0 Å². The van der Waals surface area contributed by atoms with Gasteiger partial charge in [-0.1, -0.05) is 0 Å². The monoisotopic (exact) mass is 378 g/mol. The Morgan fingerprint density at radius 3 is 2.16 bits per heavy atom. The SMILES string of the molecule is CCOCCN(CCOCC)c1ccc(N)cc1I. The molecule has 0 aromatic heterocycles. The van der Waals surface area contributed by atoms with E-state index in [1.165, 1.54) is 5.69 Å². The molecule has 2 N–H and O–H groups in total. The third-order valence-corrected chi connectivity index (χ3v) is 3.60. The summed E-state index contributed by atoms with van der Waals surface area (Å²) in [6.07, 6.45) is 0. The number of nitrogens with zero attached hydrogens (tertiary/aromatic N) is 1. The minimum absolute atomic E-state index is 0.725. The van der Waals surface area contributed by atoms with Gasteiger partial charge in [-0.15, -0.1) is 0 Å². The molecular weight excluding hydrogens is 355 g/mol. The average molecular weight is 378 g/mol. The zero-order valence-electron chi connectivity index (χ0n) is 11.7. The van der Waals surface area contributed by atoms with Gasteiger partial charge in [0.2, 0.25) is 0 Å². The smallest absolute Gasteiger partial charge is 0.0641 e. The lowest BCUT2D eigenvalue weighted by atomic mass is 10.2. The number of hydrogen-bond acceptors (Lipinski definition) is 4. The minimum Gasteiger partial charge on any atom is -0.399 e. The lowest BCUT2D eigenvalue weighted by Crippen LogP contribution is -2.31. The van der Waals surface area contributed by atoms with E-state index in [-0.39, 0.29) is 0 Å². The van der Waals surface area contributed by atoms with Crippen molar-refractivity contribution in [3.63, 3.8) is 0 Å². The summed E-state index contributed by atoms with van der Waals surface area (Å²) < 4.78 is 12.0. The molecule has 0 aliphatic rings. The summed E-state index contributed by atoms with van der Waals surface area (Å²) in [4.78, 5) is 2.28. The first kappa shape index (κ1) is 16.5. The number of rotatable bonds is 9. The zero-order chi connectivity index (χ0) is 14.1. The van der Waals surface area contributed by atoms with Crippen LogP contribution in [0.1, 0.15) is 13.8 Å². The Hall–Kier alpha value is -0.530. The summed E-state index contributed by atoms with van der Waals surface area (Å²) in [6, 6.07) is 5.99. The summed E-state index contributed by atoms with van der Waals surface area (Å²) in [5.74, 6) is 0. The zero-order valence-corrected chi connectivity index (χ0v) is 13.9. The minimum atomic E-state index is 0.725. The number of halogens is 1. The van der Waals surface area contributed by atoms with Crippen LogP contribution < -0.4 is 10.6 Å². The first-order valence-corrected chi connectivity index (χ1v) is 7.72. The number of hydrogen-bond donors (Lipinski definition) is 1. The van der Waals surface area contributed by atoms with Crippen LogP contribution in [0.4, 0.5) is 11.4 Å². The van der Waals surface area contributed by atoms with Crippen molar-refractivity contribution in [3.05, 3.63) is 21.8 Å². The van der Waals surface area contributed by atoms with E-state index in [0.717, 1.165) is 48.8 Å². The fourth-order valence-electron chi connectivity index (χ4n) is 1.77. The van der Waals surface area contributed by atoms with Crippen LogP contribution in [0.2, 0.25) is 0 Å². The lowest BCUT2D eigenvalue weighted by Gasteiger charge is -2.26. The van der Waals surface area contributed by atoms with Gasteiger partial charge in [0.05, 0.1) is 18.9 Å². The largest absolute Gasteiger partial charge is 0.399 e. The van der Waals surface area contributed by atoms with Crippen molar-refractivity contribution in [1.82, 2.24) is 0 Å². The Bertz CT molecular complexity index is 364. The highest BCUT2D eigenvalue weighted by molar-refractivity contribution is 14.1. The van der Waals surface area contributed by atoms with Crippen molar-refractivity contribution < 1.29 is 9.47 Å². The highest BCUT2D eigenvalue weighted by Crippen LogP contribution is 2.24. The molecule has 108 valence electrons. The van der Waals surface area contributed by atoms with E-state index in [2.05, 4.69) is 33.6 Å². The Balaban J connectivity index is 2.69. The summed E-state index contributed by atoms with van der Waals surface area (Å²) in [5.41, 5.74) is 7.78. The van der Waals surface area contributed by atoms with Crippen molar-refractivity contribution >= 4 is 34.0 Å². The molecule has 0 heterocycles. The van der Waals surface area contributed by atoms with Crippen LogP contribution in [0.3, 0.4) is 0 Å². The van der Waals surface area contributed by atoms with Gasteiger partial charge in [-0.3, -0.25) is 0 Å². The molecule has 19 heavy (non-hydrogen) atoms. The number of ether oxygens (including phenoxy) is 2. The maximum atomic E-state index is 5.80. The van der Waals surface area contributed by atoms with Crippen LogP contribution in [0.5, 0.6) is 0 Å². The number of anilines is 2. The van der Waals surface area contributed by atoms with Crippen LogP contribution >= 0.6 is 22.6 Å². The van der Waals surface area contributed by atoms with Crippen LogP contribution in [0.15, 0.2) is 18.2 Å². The first-order valence-electron chi connectivity index (χ1n) is 6.64. The predicted octanol–water partition coefficient (Wildman–Crippen LogP) is 2.75. The fourth-order valence-corrected chi connectivity index (χ4v) is 2.65. The third-order valence-electron chi connectivity index (χ3n) is 2.73. The molecule has 0 atom stereocenters. The van der Waals surface area contributed by atoms with Gasteiger partial charge in [0, 0.05) is 35.6 Å². The molecule has 0 unspecified atom stereocenters. The van der Waals surface area contributed by atoms with Gasteiger partial charge in [-0.2, -0.15) is 0 Å². The van der Waals surface area contributed by atoms with Gasteiger partial charge < -0.3 is 20.1 Å². The van der Waals surface area contributed by atoms with Crippen molar-refractivity contribution in [2.24, 2.45) is 0 Å². The number of nitrogen functional groups attached to an aromatic ring is 1. The molecule has 1 aromatic rings. The molecule has 1 rings (SSSR count). The summed E-state index contributed by atoms with van der Waals surface area (Å²) in [7, 11) is 0. The Kier molecular flexibility index (Phi) is 8.16. The van der Waals surface area contributed by atoms with E-state index >= 15 is 0 Å². The number of nitrogens with two attached hydrogens (primary N) is 1. The molecule has 0 bridgehead atoms. The molecule has 4 nitrogen and oxygen atoms in total. The fraction of sp³-hybridized carbons (Fsp3) is 0.571. The molecule has 5 heteroatoms. The van der Waals surface area contributed by atoms with Gasteiger partial charge >= 0.3 is 0 Å². The van der Waals surface area contributed by atoms with Gasteiger partial charge in [0.15, 0.2) is 0 Å². The molecule has 0 spiro atoms. The van der Waals surface area contributed by atoms with E-state index in [1.54, 1.807) is 0 Å². The summed E-state index contributed by atoms with van der Waals surface area (Å²) >= 11 is 2.32. The van der Waals surface area contributed by atoms with Crippen LogP contribution in [-0.4, -0.2) is 39.5 Å². The van der Waals surface area contributed by atoms with Crippen molar-refractivity contribution in [2.45, 2.75) is 13.8 Å². The van der Waals surface area contributed by atoms with Gasteiger partial charge in [-0.05, 0) is 54.6 Å². The summed E-state index contributed by atoms with van der Waals surface area (Å²) in [6.45, 7) is 8.69. The van der Waals surface area contributed by atoms with Crippen LogP contribution in [0.25, 0.3) is 0 Å². The Morgan fingerprint density at radius 2 is 1.68 bits per heavy atom. The predicted molar refractivity (Wildman–Crippen MR) is 88.8 cm³/mol. The second-order valence-electron chi connectivity index (χ2n) is 4.09. The first-order chi connectivity index (χ1) is 9.19. The second-order valence-corrected chi connectivity index (χ2v) is 5.25. The lowest BCUT2D eigenvalue weighted by molar-refractivity contribution is 0.141. The normalized spacial score (nSPS) is 10.7. The van der Waals surface area contributed by atoms with Crippen molar-refractivity contribution in [1.29, 1.82) is 0 Å². The highest BCUT2D eigenvalue weighted by Gasteiger charge is 2.10. The molecular formula is C14H23IN2O2. The van der Waals surface area contributed by atoms with Gasteiger partial charge in [-0.25, -0.2) is 0 Å². The highest BCUT2D eigenvalue weighted by atomic mass is 127. The number of benzene rings is 1. The molecule has 1 aromatic carbocycles. The van der Waals surface area contributed by atoms with Crippen molar-refractivity contribution in [3.8, 4) is 0 Å². The molecule has 0 amide bonds. The van der Waals surface area contributed by atoms with Gasteiger partial charge in [0.1, 0.15) is 0 Å². The maximum Gasteiger partial charge on any atom is 0.0641 e. The van der Waals surface area contributed by atoms with Crippen LogP contribution in [0, 0.1) is 3.57 Å². The Labute approximate surface area is 129 Å². The molecule has 0 radical (unpaired) electrons. The topological polar surface area (TPSA) is 47.7 Å². The quantitative estimate of drug-likeness (QED) is 0.408. The Morgan fingerprint density at radius 1 is 1.11 bits per heavy atom. The third kappa shape index (κ3) is 5.97. The molecule has 0 saturated heterocycles. The maximum absolute atomic E-state index is 5.80. The average Bonchev–Trinajstić information content (AvgIpc) is 2.38. The van der Waals surface area contributed by atoms with E-state index in [0.29, 0.717) is 0 Å². The standard InChI is InChI=1S/C14H23IN2O2/c1-3-18-9-7-17(8-10-19-4-2)14-6-5-12(16)11-13(14)15/h5-6,11H,3-4,7-10,16H2,1-2H3. The van der Waals surface area contributed by atoms with E-state index in [9.17, 15) is 0 Å². The molecule has 0 fully saturated rings. The van der Waals surface area contributed by atoms with E-state index < -0.39 is 0 Å². The van der Waals surface area contributed by atoms with Crippen LogP contribution in [-0.2, 0) is 9.47 Å². The second kappa shape index (κ2) is 9.39. The molecule has 0 aliphatic heterocycles.